The van der Waals surface area contributed by atoms with Crippen molar-refractivity contribution < 1.29 is 31.9 Å². The van der Waals surface area contributed by atoms with E-state index in [0.29, 0.717) is 18.5 Å². The normalized spacial score (nSPS) is 19.1. The van der Waals surface area contributed by atoms with E-state index in [9.17, 15) is 22.0 Å². The molecule has 0 saturated carbocycles. The number of carboxylic acids is 1. The van der Waals surface area contributed by atoms with Crippen molar-refractivity contribution in [2.24, 2.45) is 5.92 Å². The fourth-order valence-electron chi connectivity index (χ4n) is 1.83. The molecule has 0 unspecified atom stereocenters. The van der Waals surface area contributed by atoms with Gasteiger partial charge in [-0.25, -0.2) is 23.5 Å². The number of nitrogens with zero attached hydrogens (tertiary/aromatic N) is 3. The molecule has 3 N–H and O–H groups in total. The van der Waals surface area contributed by atoms with Gasteiger partial charge in [0.05, 0.1) is 24.5 Å². The molecule has 1 fully saturated rings. The quantitative estimate of drug-likeness (QED) is 0.697. The molecule has 1 saturated heterocycles. The molecule has 1 aliphatic heterocycles. The first-order valence-corrected chi connectivity index (χ1v) is 6.91. The third-order valence-corrected chi connectivity index (χ3v) is 3.16. The van der Waals surface area contributed by atoms with Crippen LogP contribution in [0.1, 0.15) is 12.0 Å². The van der Waals surface area contributed by atoms with E-state index in [1.165, 1.54) is 12.4 Å². The number of rotatable bonds is 3. The monoisotopic (exact) mass is 367 g/mol. The van der Waals surface area contributed by atoms with E-state index >= 15 is 0 Å². The molecule has 1 atom stereocenters. The highest BCUT2D eigenvalue weighted by atomic mass is 19.4. The lowest BCUT2D eigenvalue weighted by atomic mass is 9.94. The summed E-state index contributed by atoms with van der Waals surface area (Å²) in [6.07, 6.45) is -1.96. The van der Waals surface area contributed by atoms with Gasteiger partial charge in [-0.05, 0) is 13.0 Å². The summed E-state index contributed by atoms with van der Waals surface area (Å²) >= 11 is 0. The summed E-state index contributed by atoms with van der Waals surface area (Å²) in [4.78, 5) is 16.6. The Balaban J connectivity index is 0.000000381. The van der Waals surface area contributed by atoms with Crippen LogP contribution in [0, 0.1) is 17.2 Å². The highest BCUT2D eigenvalue weighted by molar-refractivity contribution is 5.73. The van der Waals surface area contributed by atoms with E-state index in [1.54, 1.807) is 0 Å². The molecule has 0 spiro atoms. The molecule has 0 aliphatic carbocycles. The van der Waals surface area contributed by atoms with Gasteiger partial charge >= 0.3 is 12.1 Å². The second-order valence-corrected chi connectivity index (χ2v) is 5.01. The molecule has 1 aromatic heterocycles. The summed E-state index contributed by atoms with van der Waals surface area (Å²) in [6, 6.07) is 1.89. The molecular formula is C13H14F5N5O2. The molecule has 0 bridgehead atoms. The standard InChI is InChI=1S/C11H13F2N5.C2HF3O2/c12-11(13)7-15-2-1-9(11)6-18-10-16-4-8(3-14)5-17-10;3-2(4,5)1(6)7/h4-5,9,15H,1-2,6-7H2,(H,16,17,18);(H,6,7)/t9-;/m1./s1. The number of carbonyl (C=O) groups is 1. The number of carboxylic acid groups (broad SMARTS) is 1. The molecule has 2 rings (SSSR count). The highest BCUT2D eigenvalue weighted by Crippen LogP contribution is 2.29. The highest BCUT2D eigenvalue weighted by Gasteiger charge is 2.41. The maximum Gasteiger partial charge on any atom is 0.490 e. The molecule has 0 aromatic carbocycles. The van der Waals surface area contributed by atoms with Gasteiger partial charge in [0.15, 0.2) is 0 Å². The van der Waals surface area contributed by atoms with Crippen LogP contribution in [0.3, 0.4) is 0 Å². The third kappa shape index (κ3) is 6.84. The van der Waals surface area contributed by atoms with Gasteiger partial charge in [0.25, 0.3) is 5.92 Å². The summed E-state index contributed by atoms with van der Waals surface area (Å²) < 4.78 is 58.7. The maximum absolute atomic E-state index is 13.5. The van der Waals surface area contributed by atoms with Crippen molar-refractivity contribution in [3.8, 4) is 6.07 Å². The first-order chi connectivity index (χ1) is 11.6. The number of hydrogen-bond donors (Lipinski definition) is 3. The van der Waals surface area contributed by atoms with E-state index in [0.717, 1.165) is 0 Å². The van der Waals surface area contributed by atoms with Crippen LogP contribution in [0.5, 0.6) is 0 Å². The summed E-state index contributed by atoms with van der Waals surface area (Å²) in [5.41, 5.74) is 0.341. The second-order valence-electron chi connectivity index (χ2n) is 5.01. The Morgan fingerprint density at radius 1 is 1.44 bits per heavy atom. The van der Waals surface area contributed by atoms with E-state index in [4.69, 9.17) is 15.2 Å². The van der Waals surface area contributed by atoms with Crippen LogP contribution in [-0.2, 0) is 4.79 Å². The van der Waals surface area contributed by atoms with Crippen molar-refractivity contribution in [1.29, 1.82) is 5.26 Å². The molecular weight excluding hydrogens is 353 g/mol. The molecule has 7 nitrogen and oxygen atoms in total. The van der Waals surface area contributed by atoms with Crippen molar-refractivity contribution in [3.05, 3.63) is 18.0 Å². The minimum atomic E-state index is -5.08. The minimum Gasteiger partial charge on any atom is -0.475 e. The van der Waals surface area contributed by atoms with E-state index in [2.05, 4.69) is 20.6 Å². The molecule has 0 radical (unpaired) electrons. The Morgan fingerprint density at radius 3 is 2.44 bits per heavy atom. The lowest BCUT2D eigenvalue weighted by molar-refractivity contribution is -0.192. The fraction of sp³-hybridized carbons (Fsp3) is 0.538. The fourth-order valence-corrected chi connectivity index (χ4v) is 1.83. The van der Waals surface area contributed by atoms with Crippen LogP contribution >= 0.6 is 0 Å². The smallest absolute Gasteiger partial charge is 0.475 e. The number of aromatic nitrogens is 2. The molecule has 12 heteroatoms. The van der Waals surface area contributed by atoms with Gasteiger partial charge in [-0.1, -0.05) is 0 Å². The predicted molar refractivity (Wildman–Crippen MR) is 74.9 cm³/mol. The lowest BCUT2D eigenvalue weighted by Gasteiger charge is -2.31. The number of anilines is 1. The zero-order chi connectivity index (χ0) is 19.1. The molecule has 138 valence electrons. The van der Waals surface area contributed by atoms with E-state index in [1.807, 2.05) is 6.07 Å². The Kier molecular flexibility index (Phi) is 6.98. The Morgan fingerprint density at radius 2 is 2.00 bits per heavy atom. The molecule has 0 amide bonds. The van der Waals surface area contributed by atoms with Crippen LogP contribution in [0.25, 0.3) is 0 Å². The minimum absolute atomic E-state index is 0.126. The van der Waals surface area contributed by atoms with E-state index < -0.39 is 24.0 Å². The number of hydrogen-bond acceptors (Lipinski definition) is 6. The summed E-state index contributed by atoms with van der Waals surface area (Å²) in [7, 11) is 0. The zero-order valence-electron chi connectivity index (χ0n) is 12.6. The van der Waals surface area contributed by atoms with Gasteiger partial charge in [-0.15, -0.1) is 0 Å². The number of halogens is 5. The van der Waals surface area contributed by atoms with Crippen molar-refractivity contribution in [3.63, 3.8) is 0 Å². The lowest BCUT2D eigenvalue weighted by Crippen LogP contribution is -2.48. The second kappa shape index (κ2) is 8.52. The van der Waals surface area contributed by atoms with E-state index in [-0.39, 0.29) is 19.0 Å². The Bertz CT molecular complexity index is 615. The van der Waals surface area contributed by atoms with Crippen molar-refractivity contribution in [2.45, 2.75) is 18.5 Å². The van der Waals surface area contributed by atoms with Crippen LogP contribution in [0.2, 0.25) is 0 Å². The van der Waals surface area contributed by atoms with Gasteiger partial charge in [0.2, 0.25) is 5.95 Å². The molecule has 25 heavy (non-hydrogen) atoms. The number of nitriles is 1. The van der Waals surface area contributed by atoms with Gasteiger partial charge in [0.1, 0.15) is 6.07 Å². The average molecular weight is 367 g/mol. The van der Waals surface area contributed by atoms with Gasteiger partial charge in [-0.3, -0.25) is 0 Å². The van der Waals surface area contributed by atoms with Crippen molar-refractivity contribution in [2.75, 3.05) is 25.0 Å². The first kappa shape index (κ1) is 20.5. The Labute approximate surface area is 138 Å². The SMILES string of the molecule is N#Cc1cnc(NC[C@H]2CCNCC2(F)F)nc1.O=C(O)C(F)(F)F. The molecule has 2 heterocycles. The summed E-state index contributed by atoms with van der Waals surface area (Å²) in [6.45, 7) is 0.435. The van der Waals surface area contributed by atoms with Crippen LogP contribution < -0.4 is 10.6 Å². The largest absolute Gasteiger partial charge is 0.490 e. The van der Waals surface area contributed by atoms with Gasteiger partial charge < -0.3 is 15.7 Å². The number of alkyl halides is 5. The maximum atomic E-state index is 13.5. The number of nitrogens with one attached hydrogen (secondary N) is 2. The number of aliphatic carboxylic acids is 1. The van der Waals surface area contributed by atoms with Crippen LogP contribution in [0.4, 0.5) is 27.9 Å². The topological polar surface area (TPSA) is 111 Å². The van der Waals surface area contributed by atoms with Crippen LogP contribution in [-0.4, -0.2) is 52.8 Å². The molecule has 1 aromatic rings. The Hall–Kier alpha value is -2.55. The zero-order valence-corrected chi connectivity index (χ0v) is 12.6. The summed E-state index contributed by atoms with van der Waals surface area (Å²) in [5, 5.41) is 21.2. The predicted octanol–water partition coefficient (Wildman–Crippen LogP) is 1.64. The summed E-state index contributed by atoms with van der Waals surface area (Å²) in [5.74, 6) is -5.92. The first-order valence-electron chi connectivity index (χ1n) is 6.91. The van der Waals surface area contributed by atoms with Gasteiger partial charge in [-0.2, -0.15) is 18.4 Å². The number of piperidine rings is 1. The van der Waals surface area contributed by atoms with Crippen molar-refractivity contribution in [1.82, 2.24) is 15.3 Å². The average Bonchev–Trinajstić information content (AvgIpc) is 2.53. The van der Waals surface area contributed by atoms with Crippen LogP contribution in [0.15, 0.2) is 12.4 Å². The van der Waals surface area contributed by atoms with Gasteiger partial charge in [0, 0.05) is 12.5 Å². The van der Waals surface area contributed by atoms with Crippen molar-refractivity contribution >= 4 is 11.9 Å². The molecule has 1 aliphatic rings. The third-order valence-electron chi connectivity index (χ3n) is 3.16.